The van der Waals surface area contributed by atoms with Crippen molar-refractivity contribution >= 4 is 25.7 Å². The fourth-order valence-corrected chi connectivity index (χ4v) is 7.08. The smallest absolute Gasteiger partial charge is 0.472 e. The van der Waals surface area contributed by atoms with Crippen LogP contribution in [0.4, 0.5) is 0 Å². The van der Waals surface area contributed by atoms with E-state index >= 15 is 0 Å². The van der Waals surface area contributed by atoms with Crippen molar-refractivity contribution in [1.82, 2.24) is 0 Å². The lowest BCUT2D eigenvalue weighted by Gasteiger charge is -2.20. The zero-order valence-electron chi connectivity index (χ0n) is 36.2. The van der Waals surface area contributed by atoms with Crippen molar-refractivity contribution in [3.63, 3.8) is 0 Å². The first kappa shape index (κ1) is 55.0. The molecular formula is C45H84NO10P. The van der Waals surface area contributed by atoms with Gasteiger partial charge in [0.1, 0.15) is 12.6 Å². The maximum Gasteiger partial charge on any atom is 0.472 e. The molecular weight excluding hydrogens is 745 g/mol. The molecule has 334 valence electrons. The van der Waals surface area contributed by atoms with Gasteiger partial charge in [0.15, 0.2) is 6.10 Å². The third-order valence-corrected chi connectivity index (χ3v) is 10.9. The molecule has 0 rings (SSSR count). The number of ether oxygens (including phenoxy) is 2. The van der Waals surface area contributed by atoms with Crippen molar-refractivity contribution in [2.24, 2.45) is 5.73 Å². The molecule has 0 saturated heterocycles. The summed E-state index contributed by atoms with van der Waals surface area (Å²) < 4.78 is 32.7. The Bertz CT molecular complexity index is 1070. The molecule has 3 atom stereocenters. The van der Waals surface area contributed by atoms with Gasteiger partial charge in [0.2, 0.25) is 0 Å². The molecule has 0 amide bonds. The normalized spacial score (nSPS) is 13.9. The number of esters is 2. The minimum absolute atomic E-state index is 0.161. The lowest BCUT2D eigenvalue weighted by Crippen LogP contribution is -2.34. The first-order valence-electron chi connectivity index (χ1n) is 22.9. The predicted molar refractivity (Wildman–Crippen MR) is 231 cm³/mol. The fraction of sp³-hybridized carbons (Fsp3) is 0.844. The van der Waals surface area contributed by atoms with E-state index in [0.29, 0.717) is 12.8 Å². The van der Waals surface area contributed by atoms with Gasteiger partial charge < -0.3 is 25.2 Å². The number of nitrogens with two attached hydrogens (primary N) is 1. The lowest BCUT2D eigenvalue weighted by molar-refractivity contribution is -0.161. The van der Waals surface area contributed by atoms with E-state index in [1.54, 1.807) is 0 Å². The average Bonchev–Trinajstić information content (AvgIpc) is 3.19. The highest BCUT2D eigenvalue weighted by molar-refractivity contribution is 7.47. The van der Waals surface area contributed by atoms with E-state index < -0.39 is 51.1 Å². The van der Waals surface area contributed by atoms with Crippen LogP contribution in [0, 0.1) is 0 Å². The van der Waals surface area contributed by atoms with Gasteiger partial charge in [-0.05, 0) is 57.8 Å². The lowest BCUT2D eigenvalue weighted by atomic mass is 10.0. The summed E-state index contributed by atoms with van der Waals surface area (Å²) in [5.41, 5.74) is 5.33. The third-order valence-electron chi connectivity index (χ3n) is 9.90. The summed E-state index contributed by atoms with van der Waals surface area (Å²) in [7, 11) is -4.71. The Morgan fingerprint density at radius 2 is 0.912 bits per heavy atom. The van der Waals surface area contributed by atoms with Gasteiger partial charge in [0, 0.05) is 12.8 Å². The number of carboxylic acid groups (broad SMARTS) is 1. The summed E-state index contributed by atoms with van der Waals surface area (Å²) in [4.78, 5) is 45.9. The van der Waals surface area contributed by atoms with Crippen LogP contribution in [-0.4, -0.2) is 59.9 Å². The Labute approximate surface area is 347 Å². The summed E-state index contributed by atoms with van der Waals surface area (Å²) in [6.07, 6.45) is 42.6. The molecule has 4 N–H and O–H groups in total. The summed E-state index contributed by atoms with van der Waals surface area (Å²) in [5.74, 6) is -2.39. The zero-order valence-corrected chi connectivity index (χ0v) is 37.1. The zero-order chi connectivity index (χ0) is 42.1. The second kappa shape index (κ2) is 40.7. The molecule has 0 aromatic carbocycles. The van der Waals surface area contributed by atoms with Crippen molar-refractivity contribution in [2.75, 3.05) is 19.8 Å². The molecule has 0 aliphatic rings. The quantitative estimate of drug-likeness (QED) is 0.0231. The van der Waals surface area contributed by atoms with Crippen LogP contribution < -0.4 is 5.73 Å². The minimum Gasteiger partial charge on any atom is -0.480 e. The summed E-state index contributed by atoms with van der Waals surface area (Å²) in [6.45, 7) is 2.74. The highest BCUT2D eigenvalue weighted by atomic mass is 31.2. The Balaban J connectivity index is 4.20. The highest BCUT2D eigenvalue weighted by Gasteiger charge is 2.28. The van der Waals surface area contributed by atoms with Gasteiger partial charge in [-0.3, -0.25) is 23.4 Å². The van der Waals surface area contributed by atoms with E-state index in [2.05, 4.69) is 42.7 Å². The number of phosphoric ester groups is 1. The molecule has 0 heterocycles. The maximum absolute atomic E-state index is 12.6. The van der Waals surface area contributed by atoms with Crippen LogP contribution in [0.25, 0.3) is 0 Å². The molecule has 12 heteroatoms. The first-order valence-corrected chi connectivity index (χ1v) is 24.4. The van der Waals surface area contributed by atoms with Crippen molar-refractivity contribution in [1.29, 1.82) is 0 Å². The standard InChI is InChI=1S/C45H84NO10P/c1-3-5-7-9-11-13-15-16-17-18-19-20-21-22-23-24-25-26-27-29-31-33-35-37-44(48)56-41(39-54-57(51,52)55-40-42(46)45(49)50)38-53-43(47)36-34-32-30-28-14-12-10-8-6-4-2/h8,10,18-19,41-42H,3-7,9,11-17,20-40,46H2,1-2H3,(H,49,50)(H,51,52)/b10-8-,19-18-. The van der Waals surface area contributed by atoms with Crippen molar-refractivity contribution < 1.29 is 47.5 Å². The fourth-order valence-electron chi connectivity index (χ4n) is 6.30. The molecule has 3 unspecified atom stereocenters. The Morgan fingerprint density at radius 1 is 0.526 bits per heavy atom. The molecule has 11 nitrogen and oxygen atoms in total. The molecule has 57 heavy (non-hydrogen) atoms. The van der Waals surface area contributed by atoms with Gasteiger partial charge in [-0.2, -0.15) is 0 Å². The summed E-state index contributed by atoms with van der Waals surface area (Å²) in [5, 5.41) is 8.88. The number of carbonyl (C=O) groups is 3. The molecule has 0 saturated carbocycles. The average molecular weight is 830 g/mol. The second-order valence-electron chi connectivity index (χ2n) is 15.5. The number of carboxylic acids is 1. The van der Waals surface area contributed by atoms with E-state index in [1.807, 2.05) is 0 Å². The monoisotopic (exact) mass is 830 g/mol. The molecule has 0 aromatic rings. The Morgan fingerprint density at radius 3 is 1.35 bits per heavy atom. The van der Waals surface area contributed by atoms with Crippen molar-refractivity contribution in [3.8, 4) is 0 Å². The van der Waals surface area contributed by atoms with Gasteiger partial charge in [0.25, 0.3) is 0 Å². The van der Waals surface area contributed by atoms with Crippen LogP contribution in [-0.2, 0) is 37.5 Å². The third kappa shape index (κ3) is 40.5. The summed E-state index contributed by atoms with van der Waals surface area (Å²) in [6, 6.07) is -1.52. The molecule has 0 aliphatic heterocycles. The van der Waals surface area contributed by atoms with Gasteiger partial charge in [-0.15, -0.1) is 0 Å². The highest BCUT2D eigenvalue weighted by Crippen LogP contribution is 2.43. The summed E-state index contributed by atoms with van der Waals surface area (Å²) >= 11 is 0. The second-order valence-corrected chi connectivity index (χ2v) is 17.0. The molecule has 0 spiro atoms. The largest absolute Gasteiger partial charge is 0.480 e. The van der Waals surface area contributed by atoms with Crippen LogP contribution in [0.5, 0.6) is 0 Å². The molecule has 0 aliphatic carbocycles. The first-order chi connectivity index (χ1) is 27.6. The molecule has 0 bridgehead atoms. The number of aliphatic carboxylic acids is 1. The minimum atomic E-state index is -4.71. The van der Waals surface area contributed by atoms with Crippen LogP contribution in [0.3, 0.4) is 0 Å². The van der Waals surface area contributed by atoms with Crippen molar-refractivity contribution in [3.05, 3.63) is 24.3 Å². The number of hydrogen-bond acceptors (Lipinski definition) is 9. The van der Waals surface area contributed by atoms with Crippen LogP contribution in [0.2, 0.25) is 0 Å². The van der Waals surface area contributed by atoms with Crippen LogP contribution in [0.1, 0.15) is 213 Å². The predicted octanol–water partition coefficient (Wildman–Crippen LogP) is 12.2. The number of allylic oxidation sites excluding steroid dienone is 4. The van der Waals surface area contributed by atoms with E-state index in [4.69, 9.17) is 24.8 Å². The van der Waals surface area contributed by atoms with E-state index in [1.165, 1.54) is 109 Å². The number of unbranched alkanes of at least 4 members (excludes halogenated alkanes) is 25. The van der Waals surface area contributed by atoms with E-state index in [-0.39, 0.29) is 19.4 Å². The van der Waals surface area contributed by atoms with Crippen LogP contribution in [0.15, 0.2) is 24.3 Å². The van der Waals surface area contributed by atoms with Gasteiger partial charge in [0.05, 0.1) is 13.2 Å². The number of hydrogen-bond donors (Lipinski definition) is 3. The molecule has 0 fully saturated rings. The topological polar surface area (TPSA) is 172 Å². The van der Waals surface area contributed by atoms with E-state index in [0.717, 1.165) is 64.2 Å². The molecule has 0 aromatic heterocycles. The van der Waals surface area contributed by atoms with Gasteiger partial charge in [-0.1, -0.05) is 167 Å². The SMILES string of the molecule is CCC/C=C\CCCCCCCC(=O)OCC(COP(=O)(O)OCC(N)C(=O)O)OC(=O)CCCCCCCCCCCCC/C=C\CCCCCCCCCC. The molecule has 0 radical (unpaired) electrons. The Kier molecular flexibility index (Phi) is 39.3. The number of phosphoric acid groups is 1. The number of carbonyl (C=O) groups excluding carboxylic acids is 2. The maximum atomic E-state index is 12.6. The van der Waals surface area contributed by atoms with E-state index in [9.17, 15) is 23.8 Å². The Hall–Kier alpha value is -2.04. The van der Waals surface area contributed by atoms with Crippen molar-refractivity contribution in [2.45, 2.75) is 225 Å². The number of rotatable bonds is 43. The van der Waals surface area contributed by atoms with Gasteiger partial charge in [-0.25, -0.2) is 4.57 Å². The van der Waals surface area contributed by atoms with Gasteiger partial charge >= 0.3 is 25.7 Å². The van der Waals surface area contributed by atoms with Crippen LogP contribution >= 0.6 is 7.82 Å².